The van der Waals surface area contributed by atoms with Crippen LogP contribution in [0.3, 0.4) is 0 Å². The summed E-state index contributed by atoms with van der Waals surface area (Å²) in [7, 11) is 0. The Bertz CT molecular complexity index is 3520. The Morgan fingerprint density at radius 2 is 1.52 bits per heavy atom. The maximum atomic E-state index is 13.6. The Hall–Kier alpha value is -5.38. The summed E-state index contributed by atoms with van der Waals surface area (Å²) in [5, 5.41) is 3.14. The predicted octanol–water partition coefficient (Wildman–Crippen LogP) is 15.4. The molecule has 0 bridgehead atoms. The van der Waals surface area contributed by atoms with Crippen molar-refractivity contribution in [3.63, 3.8) is 0 Å². The SMILES string of the molecule is [2H]C([2H])([2H])c1ccc2c(ccc3nc(-c4[c-]ccc5c4sc4nc(C6CCCCC6)ccc45)n(-c4ccc(C(C)(C)C)cc4-c4ccccc4)c32)n1.[CH3][Ge]([CH3])([CH3])[c]1ccc(-c2[c-]cccc2F)nc1.[Ir]. The number of rotatable bonds is 6. The van der Waals surface area contributed by atoms with E-state index >= 15 is 0 Å². The van der Waals surface area contributed by atoms with Crippen molar-refractivity contribution < 1.29 is 28.6 Å². The molecule has 5 heterocycles. The molecule has 5 aromatic carbocycles. The number of aryl methyl sites for hydroxylation is 1. The van der Waals surface area contributed by atoms with Gasteiger partial charge in [-0.3, -0.25) is 9.97 Å². The van der Waals surface area contributed by atoms with Crippen molar-refractivity contribution in [1.82, 2.24) is 24.5 Å². The van der Waals surface area contributed by atoms with Gasteiger partial charge in [-0.05, 0) is 88.8 Å². The Labute approximate surface area is 417 Å². The molecule has 0 saturated heterocycles. The van der Waals surface area contributed by atoms with Crippen LogP contribution in [-0.2, 0) is 25.5 Å². The Morgan fingerprint density at radius 1 is 0.746 bits per heavy atom. The van der Waals surface area contributed by atoms with Gasteiger partial charge in [0.1, 0.15) is 4.83 Å². The minimum absolute atomic E-state index is 0. The van der Waals surface area contributed by atoms with Gasteiger partial charge in [-0.2, -0.15) is 11.3 Å². The molecular formula is C58H54FGeIrN5S-2. The second-order valence-corrected chi connectivity index (χ2v) is 31.2. The molecule has 1 radical (unpaired) electrons. The van der Waals surface area contributed by atoms with Gasteiger partial charge in [-0.15, -0.1) is 18.2 Å². The van der Waals surface area contributed by atoms with E-state index in [1.807, 2.05) is 42.6 Å². The van der Waals surface area contributed by atoms with Crippen LogP contribution in [-0.4, -0.2) is 37.8 Å². The molecule has 0 amide bonds. The van der Waals surface area contributed by atoms with Crippen LogP contribution in [0, 0.1) is 24.8 Å². The van der Waals surface area contributed by atoms with Gasteiger partial charge in [-0.25, -0.2) is 4.98 Å². The standard InChI is InChI=1S/C44H39N4S.C14H15FGeN.Ir/c1-27-18-20-33-37(45-27)23-24-38-40(33)48(39-25-19-30(44(2,3)4)26-35(39)28-12-7-5-8-13-28)42(46-38)34-17-11-16-31-32-21-22-36(29-14-9-6-10-15-29)47-43(32)49-41(31)34;1-16(2,3)11-8-9-14(17-10-11)12-6-4-5-7-13(12)15;/h5,7-8,11-13,16,18-26,29H,6,9-10,14-15H2,1-4H3;4-5,7-10H,1-3H3;/q2*-1;/i1D3;;. The van der Waals surface area contributed by atoms with Crippen LogP contribution in [0.4, 0.5) is 4.39 Å². The van der Waals surface area contributed by atoms with Crippen LogP contribution in [0.25, 0.3) is 81.7 Å². The molecule has 1 aliphatic rings. The normalized spacial score (nSPS) is 14.3. The number of hydrogen-bond donors (Lipinski definition) is 0. The quantitative estimate of drug-likeness (QED) is 0.123. The fourth-order valence-corrected chi connectivity index (χ4v) is 12.6. The van der Waals surface area contributed by atoms with E-state index in [9.17, 15) is 4.39 Å². The number of halogens is 1. The number of benzene rings is 5. The minimum atomic E-state index is -2.31. The van der Waals surface area contributed by atoms with Gasteiger partial charge in [0.15, 0.2) is 0 Å². The Kier molecular flexibility index (Phi) is 12.1. The molecule has 5 nitrogen and oxygen atoms in total. The molecule has 339 valence electrons. The number of pyridine rings is 3. The van der Waals surface area contributed by atoms with Gasteiger partial charge >= 0.3 is 104 Å². The fraction of sp³-hybridized carbons (Fsp3) is 0.241. The minimum Gasteiger partial charge on any atom is 0 e. The molecule has 0 unspecified atom stereocenters. The first-order chi connectivity index (χ1) is 33.0. The van der Waals surface area contributed by atoms with Crippen molar-refractivity contribution in [2.45, 2.75) is 88.3 Å². The van der Waals surface area contributed by atoms with Crippen LogP contribution in [0.15, 0.2) is 134 Å². The van der Waals surface area contributed by atoms with E-state index in [0.717, 1.165) is 64.9 Å². The van der Waals surface area contributed by atoms with E-state index in [4.69, 9.17) is 14.1 Å². The summed E-state index contributed by atoms with van der Waals surface area (Å²) < 4.78 is 42.3. The summed E-state index contributed by atoms with van der Waals surface area (Å²) in [6, 6.07) is 48.5. The van der Waals surface area contributed by atoms with Gasteiger partial charge < -0.3 is 4.57 Å². The third-order valence-electron chi connectivity index (χ3n) is 12.9. The third kappa shape index (κ3) is 9.31. The van der Waals surface area contributed by atoms with E-state index < -0.39 is 20.1 Å². The van der Waals surface area contributed by atoms with Crippen molar-refractivity contribution >= 4 is 71.2 Å². The zero-order chi connectivity index (χ0) is 48.2. The number of nitrogens with zero attached hydrogens (tertiary/aromatic N) is 5. The Morgan fingerprint density at radius 3 is 2.25 bits per heavy atom. The number of imidazole rings is 1. The first-order valence-corrected chi connectivity index (χ1v) is 31.1. The number of thiophene rings is 1. The summed E-state index contributed by atoms with van der Waals surface area (Å²) in [6.07, 6.45) is 8.17. The van der Waals surface area contributed by atoms with Crippen molar-refractivity contribution in [2.24, 2.45) is 0 Å². The molecule has 11 rings (SSSR count). The molecule has 1 aliphatic carbocycles. The average molecular weight is 1140 g/mol. The van der Waals surface area contributed by atoms with Crippen molar-refractivity contribution in [2.75, 3.05) is 0 Å². The van der Waals surface area contributed by atoms with E-state index in [-0.39, 0.29) is 37.0 Å². The molecular weight excluding hydrogens is 1080 g/mol. The van der Waals surface area contributed by atoms with E-state index in [2.05, 4.69) is 131 Å². The smallest absolute Gasteiger partial charge is 0 e. The van der Waals surface area contributed by atoms with Crippen molar-refractivity contribution in [3.05, 3.63) is 168 Å². The predicted molar refractivity (Wildman–Crippen MR) is 277 cm³/mol. The van der Waals surface area contributed by atoms with Crippen LogP contribution in [0.5, 0.6) is 0 Å². The van der Waals surface area contributed by atoms with Crippen LogP contribution in [0.2, 0.25) is 17.3 Å². The first-order valence-electron chi connectivity index (χ1n) is 24.4. The zero-order valence-corrected chi connectivity index (χ0v) is 44.0. The van der Waals surface area contributed by atoms with Crippen LogP contribution >= 0.6 is 11.3 Å². The maximum Gasteiger partial charge on any atom is 0 e. The largest absolute Gasteiger partial charge is 0 e. The maximum absolute atomic E-state index is 13.6. The number of aromatic nitrogens is 5. The number of hydrogen-bond acceptors (Lipinski definition) is 5. The summed E-state index contributed by atoms with van der Waals surface area (Å²) in [5.74, 6) is 7.96. The molecule has 0 N–H and O–H groups in total. The molecule has 67 heavy (non-hydrogen) atoms. The monoisotopic (exact) mass is 1140 g/mol. The topological polar surface area (TPSA) is 56.5 Å². The summed E-state index contributed by atoms with van der Waals surface area (Å²) >= 11 is -0.107. The van der Waals surface area contributed by atoms with Crippen LogP contribution < -0.4 is 4.40 Å². The Balaban J connectivity index is 0.000000286. The van der Waals surface area contributed by atoms with Gasteiger partial charge in [0.25, 0.3) is 0 Å². The van der Waals surface area contributed by atoms with Crippen molar-refractivity contribution in [1.29, 1.82) is 0 Å². The average Bonchev–Trinajstić information content (AvgIpc) is 3.93. The molecule has 5 aromatic heterocycles. The summed E-state index contributed by atoms with van der Waals surface area (Å²) in [5.41, 5.74) is 9.91. The first kappa shape index (κ1) is 42.9. The molecule has 0 aliphatic heterocycles. The summed E-state index contributed by atoms with van der Waals surface area (Å²) in [4.78, 5) is 20.7. The molecule has 10 aromatic rings. The third-order valence-corrected chi connectivity index (χ3v) is 18.3. The molecule has 1 fully saturated rings. The molecule has 1 saturated carbocycles. The van der Waals surface area contributed by atoms with E-state index in [1.54, 1.807) is 29.5 Å². The van der Waals surface area contributed by atoms with Gasteiger partial charge in [0.05, 0.1) is 22.4 Å². The van der Waals surface area contributed by atoms with E-state index in [1.165, 1.54) is 53.8 Å². The van der Waals surface area contributed by atoms with Gasteiger partial charge in [0.2, 0.25) is 0 Å². The van der Waals surface area contributed by atoms with Crippen molar-refractivity contribution in [3.8, 4) is 39.5 Å². The molecule has 9 heteroatoms. The second-order valence-electron chi connectivity index (χ2n) is 19.5. The zero-order valence-electron chi connectivity index (χ0n) is 41.7. The van der Waals surface area contributed by atoms with E-state index in [0.29, 0.717) is 22.7 Å². The van der Waals surface area contributed by atoms with Gasteiger partial charge in [0, 0.05) is 58.2 Å². The second kappa shape index (κ2) is 19.0. The molecule has 0 atom stereocenters. The fourth-order valence-electron chi connectivity index (χ4n) is 9.25. The summed E-state index contributed by atoms with van der Waals surface area (Å²) in [6.45, 7) is 4.40. The molecule has 0 spiro atoms. The van der Waals surface area contributed by atoms with Crippen LogP contribution in [0.1, 0.15) is 79.9 Å². The van der Waals surface area contributed by atoms with Gasteiger partial charge in [-0.1, -0.05) is 93.4 Å². The number of fused-ring (bicyclic) bond motifs is 6.